The molecule has 1 aromatic rings. The minimum Gasteiger partial charge on any atom is -0.321 e. The second-order valence-corrected chi connectivity index (χ2v) is 4.86. The molecule has 0 atom stereocenters. The maximum absolute atomic E-state index is 11.7. The maximum Gasteiger partial charge on any atom is 0.266 e. The lowest BCUT2D eigenvalue weighted by molar-refractivity contribution is 0.559. The second kappa shape index (κ2) is 2.71. The minimum atomic E-state index is -3.42. The fraction of sp³-hybridized carbons (Fsp3) is 0.125. The van der Waals surface area contributed by atoms with Gasteiger partial charge >= 0.3 is 0 Å². The Morgan fingerprint density at radius 2 is 2.00 bits per heavy atom. The summed E-state index contributed by atoms with van der Waals surface area (Å²) in [6, 6.07) is 6.64. The highest BCUT2D eigenvalue weighted by Gasteiger charge is 2.36. The van der Waals surface area contributed by atoms with Gasteiger partial charge < -0.3 is 5.84 Å². The first-order valence-electron chi connectivity index (χ1n) is 3.95. The van der Waals surface area contributed by atoms with Gasteiger partial charge in [-0.15, -0.1) is 0 Å². The molecule has 0 saturated heterocycles. The van der Waals surface area contributed by atoms with E-state index >= 15 is 0 Å². The van der Waals surface area contributed by atoms with Crippen LogP contribution in [0.15, 0.2) is 34.3 Å². The Kier molecular flexibility index (Phi) is 1.75. The Balaban J connectivity index is 2.82. The molecule has 74 valence electrons. The number of rotatable bonds is 0. The summed E-state index contributed by atoms with van der Waals surface area (Å²) >= 11 is 0. The van der Waals surface area contributed by atoms with Crippen LogP contribution in [-0.2, 0) is 10.0 Å². The Labute approximate surface area is 81.9 Å². The van der Waals surface area contributed by atoms with Gasteiger partial charge in [-0.3, -0.25) is 4.31 Å². The van der Waals surface area contributed by atoms with Crippen molar-refractivity contribution in [2.45, 2.75) is 4.90 Å². The van der Waals surface area contributed by atoms with E-state index in [-0.39, 0.29) is 10.7 Å². The van der Waals surface area contributed by atoms with E-state index in [1.54, 1.807) is 24.3 Å². The molecule has 0 amide bonds. The van der Waals surface area contributed by atoms with Crippen LogP contribution >= 0.6 is 0 Å². The van der Waals surface area contributed by atoms with Crippen molar-refractivity contribution in [2.24, 2.45) is 10.9 Å². The lowest BCUT2D eigenvalue weighted by atomic mass is 10.2. The zero-order valence-corrected chi connectivity index (χ0v) is 8.32. The molecule has 0 radical (unpaired) electrons. The molecule has 5 nitrogen and oxygen atoms in total. The molecule has 14 heavy (non-hydrogen) atoms. The van der Waals surface area contributed by atoms with Gasteiger partial charge in [0.2, 0.25) is 0 Å². The molecule has 2 rings (SSSR count). The number of amidine groups is 1. The van der Waals surface area contributed by atoms with E-state index in [1.165, 1.54) is 7.05 Å². The smallest absolute Gasteiger partial charge is 0.266 e. The number of sulfonamides is 1. The normalized spacial score (nSPS) is 21.2. The average Bonchev–Trinajstić information content (AvgIpc) is 2.37. The van der Waals surface area contributed by atoms with Gasteiger partial charge in [0.05, 0.1) is 4.90 Å². The van der Waals surface area contributed by atoms with Gasteiger partial charge in [-0.2, -0.15) is 5.10 Å². The molecular formula is C8H9N3O2S. The molecule has 0 aliphatic carbocycles. The Bertz CT molecular complexity index is 507. The number of hydrogen-bond donors (Lipinski definition) is 1. The van der Waals surface area contributed by atoms with Crippen LogP contribution in [0.5, 0.6) is 0 Å². The van der Waals surface area contributed by atoms with Crippen molar-refractivity contribution in [1.82, 2.24) is 4.31 Å². The van der Waals surface area contributed by atoms with Crippen molar-refractivity contribution in [3.05, 3.63) is 29.8 Å². The van der Waals surface area contributed by atoms with Crippen LogP contribution in [0.4, 0.5) is 0 Å². The predicted octanol–water partition coefficient (Wildman–Crippen LogP) is -0.0590. The highest BCUT2D eigenvalue weighted by Crippen LogP contribution is 2.28. The second-order valence-electron chi connectivity index (χ2n) is 2.92. The van der Waals surface area contributed by atoms with Crippen LogP contribution in [0.1, 0.15) is 5.56 Å². The van der Waals surface area contributed by atoms with Crippen molar-refractivity contribution in [1.29, 1.82) is 0 Å². The maximum atomic E-state index is 11.7. The molecule has 1 aliphatic heterocycles. The Morgan fingerprint density at radius 3 is 2.64 bits per heavy atom. The van der Waals surface area contributed by atoms with E-state index in [4.69, 9.17) is 5.84 Å². The zero-order valence-electron chi connectivity index (χ0n) is 7.51. The molecule has 1 aromatic carbocycles. The minimum absolute atomic E-state index is 0.256. The van der Waals surface area contributed by atoms with Crippen LogP contribution in [0.2, 0.25) is 0 Å². The van der Waals surface area contributed by atoms with E-state index in [1.807, 2.05) is 0 Å². The standard InChI is InChI=1S/C8H9N3O2S/c1-11-8(10-9)6-4-2-3-5-7(6)14(11,12)13/h2-5H,9H2,1H3/b10-8+. The largest absolute Gasteiger partial charge is 0.321 e. The number of nitrogens with two attached hydrogens (primary N) is 1. The molecule has 0 aromatic heterocycles. The fourth-order valence-corrected chi connectivity index (χ4v) is 2.81. The molecule has 0 bridgehead atoms. The van der Waals surface area contributed by atoms with Crippen molar-refractivity contribution < 1.29 is 8.42 Å². The molecule has 0 unspecified atom stereocenters. The summed E-state index contributed by atoms with van der Waals surface area (Å²) in [6.07, 6.45) is 0. The monoisotopic (exact) mass is 211 g/mol. The summed E-state index contributed by atoms with van der Waals surface area (Å²) in [5.74, 6) is 5.42. The van der Waals surface area contributed by atoms with E-state index in [0.29, 0.717) is 5.56 Å². The van der Waals surface area contributed by atoms with Gasteiger partial charge in [0.15, 0.2) is 5.84 Å². The number of fused-ring (bicyclic) bond motifs is 1. The quantitative estimate of drug-likeness (QED) is 0.482. The van der Waals surface area contributed by atoms with Crippen LogP contribution in [0.25, 0.3) is 0 Å². The summed E-state index contributed by atoms with van der Waals surface area (Å²) in [5.41, 5.74) is 0.553. The molecule has 2 N–H and O–H groups in total. The van der Waals surface area contributed by atoms with Gasteiger partial charge in [0.25, 0.3) is 10.0 Å². The SMILES string of the molecule is CN1/C(=N/N)c2ccccc2S1(=O)=O. The molecule has 6 heteroatoms. The third-order valence-electron chi connectivity index (χ3n) is 2.19. The van der Waals surface area contributed by atoms with E-state index in [9.17, 15) is 8.42 Å². The van der Waals surface area contributed by atoms with Crippen molar-refractivity contribution in [2.75, 3.05) is 7.05 Å². The third kappa shape index (κ3) is 0.941. The number of nitrogens with zero attached hydrogens (tertiary/aromatic N) is 2. The molecule has 0 saturated carbocycles. The highest BCUT2D eigenvalue weighted by atomic mass is 32.2. The Morgan fingerprint density at radius 1 is 1.36 bits per heavy atom. The highest BCUT2D eigenvalue weighted by molar-refractivity contribution is 7.90. The van der Waals surface area contributed by atoms with Crippen LogP contribution in [0, 0.1) is 0 Å². The van der Waals surface area contributed by atoms with Crippen molar-refractivity contribution >= 4 is 15.9 Å². The molecule has 1 aliphatic rings. The third-order valence-corrected chi connectivity index (χ3v) is 3.99. The fourth-order valence-electron chi connectivity index (χ4n) is 1.46. The molecule has 0 spiro atoms. The zero-order chi connectivity index (χ0) is 10.3. The van der Waals surface area contributed by atoms with Gasteiger partial charge in [-0.05, 0) is 12.1 Å². The average molecular weight is 211 g/mol. The summed E-state index contributed by atoms with van der Waals surface area (Å²) in [7, 11) is -1.99. The first kappa shape index (κ1) is 9.01. The first-order chi connectivity index (χ1) is 6.59. The summed E-state index contributed by atoms with van der Waals surface area (Å²) in [6.45, 7) is 0. The predicted molar refractivity (Wildman–Crippen MR) is 52.1 cm³/mol. The van der Waals surface area contributed by atoms with Gasteiger partial charge in [0.1, 0.15) is 0 Å². The number of hydrogen-bond acceptors (Lipinski definition) is 4. The topological polar surface area (TPSA) is 75.8 Å². The summed E-state index contributed by atoms with van der Waals surface area (Å²) in [5, 5.41) is 3.47. The van der Waals surface area contributed by atoms with Crippen LogP contribution in [-0.4, -0.2) is 25.6 Å². The van der Waals surface area contributed by atoms with Crippen LogP contribution < -0.4 is 5.84 Å². The summed E-state index contributed by atoms with van der Waals surface area (Å²) in [4.78, 5) is 0.256. The number of hydrazone groups is 1. The molecule has 1 heterocycles. The van der Waals surface area contributed by atoms with Crippen molar-refractivity contribution in [3.63, 3.8) is 0 Å². The van der Waals surface area contributed by atoms with Gasteiger partial charge in [-0.25, -0.2) is 8.42 Å². The molecule has 0 fully saturated rings. The van der Waals surface area contributed by atoms with Gasteiger partial charge in [-0.1, -0.05) is 12.1 Å². The number of benzene rings is 1. The Hall–Kier alpha value is -1.56. The molecular weight excluding hydrogens is 202 g/mol. The van der Waals surface area contributed by atoms with E-state index < -0.39 is 10.0 Å². The van der Waals surface area contributed by atoms with Crippen molar-refractivity contribution in [3.8, 4) is 0 Å². The lowest BCUT2D eigenvalue weighted by Crippen LogP contribution is -2.26. The van der Waals surface area contributed by atoms with E-state index in [0.717, 1.165) is 4.31 Å². The van der Waals surface area contributed by atoms with E-state index in [2.05, 4.69) is 5.10 Å². The first-order valence-corrected chi connectivity index (χ1v) is 5.39. The lowest BCUT2D eigenvalue weighted by Gasteiger charge is -2.08. The van der Waals surface area contributed by atoms with Crippen LogP contribution in [0.3, 0.4) is 0 Å². The summed E-state index contributed by atoms with van der Waals surface area (Å²) < 4.78 is 24.6. The van der Waals surface area contributed by atoms with Gasteiger partial charge in [0, 0.05) is 12.6 Å².